The highest BCUT2D eigenvalue weighted by atomic mass is 35.5. The molecule has 0 radical (unpaired) electrons. The summed E-state index contributed by atoms with van der Waals surface area (Å²) in [6.45, 7) is 4.38. The van der Waals surface area contributed by atoms with Crippen molar-refractivity contribution in [3.8, 4) is 0 Å². The van der Waals surface area contributed by atoms with Crippen molar-refractivity contribution in [3.63, 3.8) is 0 Å². The van der Waals surface area contributed by atoms with E-state index < -0.39 is 4.33 Å². The van der Waals surface area contributed by atoms with Crippen molar-refractivity contribution < 1.29 is 9.53 Å². The van der Waals surface area contributed by atoms with Crippen LogP contribution in [0.4, 0.5) is 0 Å². The van der Waals surface area contributed by atoms with Crippen molar-refractivity contribution in [3.05, 3.63) is 48.2 Å². The molecular weight excluding hydrogens is 283 g/mol. The SMILES string of the molecule is C=C(CCC1CC(=O)C1(Cl)Cl)OCc1ccccc1. The van der Waals surface area contributed by atoms with Crippen LogP contribution in [0, 0.1) is 5.92 Å². The maximum absolute atomic E-state index is 11.2. The number of ketones is 1. The molecule has 0 aliphatic heterocycles. The van der Waals surface area contributed by atoms with Gasteiger partial charge in [-0.2, -0.15) is 0 Å². The minimum absolute atomic E-state index is 0.0143. The molecule has 102 valence electrons. The van der Waals surface area contributed by atoms with Crippen molar-refractivity contribution in [2.45, 2.75) is 30.2 Å². The summed E-state index contributed by atoms with van der Waals surface area (Å²) in [5.74, 6) is 0.629. The van der Waals surface area contributed by atoms with Crippen LogP contribution in [0.25, 0.3) is 0 Å². The number of alkyl halides is 2. The quantitative estimate of drug-likeness (QED) is 0.579. The Bertz CT molecular complexity index is 468. The third-order valence-corrected chi connectivity index (χ3v) is 4.41. The smallest absolute Gasteiger partial charge is 0.179 e. The topological polar surface area (TPSA) is 26.3 Å². The van der Waals surface area contributed by atoms with Gasteiger partial charge < -0.3 is 4.74 Å². The fourth-order valence-electron chi connectivity index (χ4n) is 2.03. The average molecular weight is 299 g/mol. The number of benzene rings is 1. The van der Waals surface area contributed by atoms with Crippen molar-refractivity contribution in [2.24, 2.45) is 5.92 Å². The highest BCUT2D eigenvalue weighted by Crippen LogP contribution is 2.47. The van der Waals surface area contributed by atoms with Crippen LogP contribution >= 0.6 is 23.2 Å². The summed E-state index contributed by atoms with van der Waals surface area (Å²) in [6.07, 6.45) is 1.86. The molecule has 4 heteroatoms. The maximum atomic E-state index is 11.2. The molecule has 2 nitrogen and oxygen atoms in total. The number of halogens is 2. The average Bonchev–Trinajstić information content (AvgIpc) is 2.42. The van der Waals surface area contributed by atoms with Crippen LogP contribution in [0.2, 0.25) is 0 Å². The molecule has 1 aromatic rings. The molecule has 1 fully saturated rings. The Morgan fingerprint density at radius 3 is 2.63 bits per heavy atom. The number of hydrogen-bond acceptors (Lipinski definition) is 2. The van der Waals surface area contributed by atoms with E-state index in [1.807, 2.05) is 30.3 Å². The molecule has 0 aromatic heterocycles. The summed E-state index contributed by atoms with van der Waals surface area (Å²) in [5, 5.41) is 0. The van der Waals surface area contributed by atoms with Gasteiger partial charge >= 0.3 is 0 Å². The molecule has 0 bridgehead atoms. The van der Waals surface area contributed by atoms with Gasteiger partial charge in [-0.3, -0.25) is 4.79 Å². The zero-order valence-corrected chi connectivity index (χ0v) is 12.1. The van der Waals surface area contributed by atoms with E-state index in [4.69, 9.17) is 27.9 Å². The van der Waals surface area contributed by atoms with E-state index >= 15 is 0 Å². The predicted octanol–water partition coefficient (Wildman–Crippen LogP) is 4.26. The first-order chi connectivity index (χ1) is 9.00. The van der Waals surface area contributed by atoms with E-state index in [1.165, 1.54) is 0 Å². The van der Waals surface area contributed by atoms with Gasteiger partial charge in [-0.1, -0.05) is 60.1 Å². The van der Waals surface area contributed by atoms with Crippen molar-refractivity contribution in [1.82, 2.24) is 0 Å². The molecule has 1 atom stereocenters. The first-order valence-corrected chi connectivity index (χ1v) is 7.01. The molecule has 0 amide bonds. The fourth-order valence-corrected chi connectivity index (χ4v) is 2.56. The van der Waals surface area contributed by atoms with Gasteiger partial charge in [0.25, 0.3) is 0 Å². The lowest BCUT2D eigenvalue weighted by atomic mass is 9.79. The van der Waals surface area contributed by atoms with E-state index in [0.717, 1.165) is 12.0 Å². The van der Waals surface area contributed by atoms with E-state index in [9.17, 15) is 4.79 Å². The highest BCUT2D eigenvalue weighted by Gasteiger charge is 2.51. The molecule has 2 rings (SSSR count). The lowest BCUT2D eigenvalue weighted by Crippen LogP contribution is -2.47. The summed E-state index contributed by atoms with van der Waals surface area (Å²) in [6, 6.07) is 9.90. The monoisotopic (exact) mass is 298 g/mol. The number of Topliss-reactive ketones (excluding diaryl/α,β-unsaturated/α-hetero) is 1. The second-order valence-corrected chi connectivity index (χ2v) is 6.18. The van der Waals surface area contributed by atoms with Crippen molar-refractivity contribution >= 4 is 29.0 Å². The largest absolute Gasteiger partial charge is 0.494 e. The lowest BCUT2D eigenvalue weighted by Gasteiger charge is -2.37. The molecule has 0 heterocycles. The fraction of sp³-hybridized carbons (Fsp3) is 0.400. The van der Waals surface area contributed by atoms with Crippen LogP contribution in [0.5, 0.6) is 0 Å². The molecular formula is C15H16Cl2O2. The van der Waals surface area contributed by atoms with Gasteiger partial charge in [0.1, 0.15) is 6.61 Å². The minimum atomic E-state index is -1.19. The Morgan fingerprint density at radius 1 is 1.37 bits per heavy atom. The predicted molar refractivity (Wildman–Crippen MR) is 77.2 cm³/mol. The van der Waals surface area contributed by atoms with E-state index in [2.05, 4.69) is 6.58 Å². The zero-order valence-electron chi connectivity index (χ0n) is 10.6. The maximum Gasteiger partial charge on any atom is 0.179 e. The third-order valence-electron chi connectivity index (χ3n) is 3.37. The van der Waals surface area contributed by atoms with Gasteiger partial charge in [-0.15, -0.1) is 0 Å². The summed E-state index contributed by atoms with van der Waals surface area (Å²) >= 11 is 11.8. The summed E-state index contributed by atoms with van der Waals surface area (Å²) in [5.41, 5.74) is 1.10. The second kappa shape index (κ2) is 5.98. The summed E-state index contributed by atoms with van der Waals surface area (Å²) < 4.78 is 4.38. The van der Waals surface area contributed by atoms with Crippen LogP contribution in [0.15, 0.2) is 42.7 Å². The summed E-state index contributed by atoms with van der Waals surface area (Å²) in [4.78, 5) is 11.2. The number of ether oxygens (including phenoxy) is 1. The first kappa shape index (κ1) is 14.4. The van der Waals surface area contributed by atoms with E-state index in [-0.39, 0.29) is 11.7 Å². The van der Waals surface area contributed by atoms with Gasteiger partial charge in [-0.25, -0.2) is 0 Å². The molecule has 1 unspecified atom stereocenters. The Morgan fingerprint density at radius 2 is 2.05 bits per heavy atom. The van der Waals surface area contributed by atoms with Gasteiger partial charge in [0.05, 0.1) is 5.76 Å². The lowest BCUT2D eigenvalue weighted by molar-refractivity contribution is -0.128. The number of rotatable bonds is 6. The van der Waals surface area contributed by atoms with Gasteiger partial charge in [0.15, 0.2) is 10.1 Å². The zero-order chi connectivity index (χ0) is 13.9. The van der Waals surface area contributed by atoms with Crippen LogP contribution in [-0.4, -0.2) is 10.1 Å². The molecule has 0 N–H and O–H groups in total. The first-order valence-electron chi connectivity index (χ1n) is 6.25. The van der Waals surface area contributed by atoms with Gasteiger partial charge in [-0.05, 0) is 12.0 Å². The van der Waals surface area contributed by atoms with Crippen molar-refractivity contribution in [1.29, 1.82) is 0 Å². The van der Waals surface area contributed by atoms with E-state index in [0.29, 0.717) is 25.2 Å². The van der Waals surface area contributed by atoms with Crippen molar-refractivity contribution in [2.75, 3.05) is 0 Å². The molecule has 1 aliphatic rings. The molecule has 0 saturated heterocycles. The number of allylic oxidation sites excluding steroid dienone is 1. The number of carbonyl (C=O) groups excluding carboxylic acids is 1. The standard InChI is InChI=1S/C15H16Cl2O2/c1-11(19-10-12-5-3-2-4-6-12)7-8-13-9-14(18)15(13,16)17/h2-6,13H,1,7-10H2. The summed E-state index contributed by atoms with van der Waals surface area (Å²) in [7, 11) is 0. The Balaban J connectivity index is 1.70. The molecule has 1 aliphatic carbocycles. The normalized spacial score (nSPS) is 20.7. The molecule has 1 saturated carbocycles. The second-order valence-electron chi connectivity index (χ2n) is 4.80. The molecule has 1 aromatic carbocycles. The number of hydrogen-bond donors (Lipinski definition) is 0. The number of carbonyl (C=O) groups is 1. The van der Waals surface area contributed by atoms with E-state index in [1.54, 1.807) is 0 Å². The molecule has 0 spiro atoms. The van der Waals surface area contributed by atoms with Gasteiger partial charge in [0.2, 0.25) is 0 Å². The van der Waals surface area contributed by atoms with Crippen LogP contribution in [0.3, 0.4) is 0 Å². The Kier molecular flexibility index (Phi) is 4.54. The third kappa shape index (κ3) is 3.52. The highest BCUT2D eigenvalue weighted by molar-refractivity contribution is 6.60. The Labute approximate surface area is 123 Å². The van der Waals surface area contributed by atoms with Crippen LogP contribution in [-0.2, 0) is 16.1 Å². The van der Waals surface area contributed by atoms with Crippen LogP contribution < -0.4 is 0 Å². The Hall–Kier alpha value is -0.990. The van der Waals surface area contributed by atoms with Crippen LogP contribution in [0.1, 0.15) is 24.8 Å². The van der Waals surface area contributed by atoms with Gasteiger partial charge in [0, 0.05) is 18.8 Å². The minimum Gasteiger partial charge on any atom is -0.494 e. The molecule has 19 heavy (non-hydrogen) atoms.